The second-order valence-corrected chi connectivity index (χ2v) is 10.7. The summed E-state index contributed by atoms with van der Waals surface area (Å²) in [5, 5.41) is 6.56. The number of aromatic nitrogens is 1. The first-order valence-corrected chi connectivity index (χ1v) is 12.4. The Labute approximate surface area is 212 Å². The largest absolute Gasteiger partial charge is 0.463 e. The molecule has 2 heterocycles. The van der Waals surface area contributed by atoms with Crippen LogP contribution in [0.2, 0.25) is 0 Å². The fourth-order valence-electron chi connectivity index (χ4n) is 3.84. The van der Waals surface area contributed by atoms with Gasteiger partial charge in [-0.25, -0.2) is 4.98 Å². The van der Waals surface area contributed by atoms with Crippen molar-refractivity contribution in [3.8, 4) is 0 Å². The highest BCUT2D eigenvalue weighted by Crippen LogP contribution is 2.31. The van der Waals surface area contributed by atoms with Crippen LogP contribution in [0.5, 0.6) is 0 Å². The summed E-state index contributed by atoms with van der Waals surface area (Å²) in [6.07, 6.45) is 2.72. The Bertz CT molecular complexity index is 1670. The monoisotopic (exact) mass is 495 g/mol. The molecule has 0 fully saturated rings. The number of thiazole rings is 1. The third kappa shape index (κ3) is 4.57. The number of carbonyl (C=O) groups is 1. The van der Waals surface area contributed by atoms with Crippen molar-refractivity contribution in [3.63, 3.8) is 0 Å². The van der Waals surface area contributed by atoms with E-state index >= 15 is 0 Å². The summed E-state index contributed by atoms with van der Waals surface area (Å²) >= 11 is 1.37. The maximum absolute atomic E-state index is 13.6. The maximum atomic E-state index is 13.6. The van der Waals surface area contributed by atoms with Crippen molar-refractivity contribution < 1.29 is 9.21 Å². The molecule has 5 aromatic rings. The number of anilines is 1. The number of aryl methyl sites for hydroxylation is 1. The van der Waals surface area contributed by atoms with E-state index in [0.717, 1.165) is 21.3 Å². The minimum atomic E-state index is -0.340. The number of hydrogen-bond acceptors (Lipinski definition) is 6. The van der Waals surface area contributed by atoms with Crippen LogP contribution >= 0.6 is 11.3 Å². The van der Waals surface area contributed by atoms with Crippen molar-refractivity contribution in [2.45, 2.75) is 33.1 Å². The number of para-hydroxylation sites is 1. The molecule has 36 heavy (non-hydrogen) atoms. The molecule has 0 aliphatic carbocycles. The highest BCUT2D eigenvalue weighted by Gasteiger charge is 2.22. The summed E-state index contributed by atoms with van der Waals surface area (Å²) < 4.78 is 6.56. The van der Waals surface area contributed by atoms with Crippen LogP contribution in [0.4, 0.5) is 5.13 Å². The fourth-order valence-corrected chi connectivity index (χ4v) is 4.86. The van der Waals surface area contributed by atoms with Gasteiger partial charge in [0.2, 0.25) is 10.6 Å². The summed E-state index contributed by atoms with van der Waals surface area (Å²) in [6, 6.07) is 20.5. The standard InChI is InChI=1S/C29H25N3O3S/c1-18-9-14-23-25(15-18)36-28(31-23)32(27(34)19-10-12-21(13-11-19)29(2,3)4)30-16-20-17-35-24-8-6-5-7-22(24)26(20)33/h5-17H,1-4H3/b30-16+. The zero-order chi connectivity index (χ0) is 25.4. The first-order chi connectivity index (χ1) is 17.2. The zero-order valence-electron chi connectivity index (χ0n) is 20.5. The lowest BCUT2D eigenvalue weighted by molar-refractivity contribution is 0.0987. The van der Waals surface area contributed by atoms with Gasteiger partial charge in [0, 0.05) is 5.56 Å². The molecular formula is C29H25N3O3S. The average molecular weight is 496 g/mol. The molecule has 0 aliphatic heterocycles. The molecule has 5 rings (SSSR count). The number of rotatable bonds is 4. The van der Waals surface area contributed by atoms with E-state index in [9.17, 15) is 9.59 Å². The average Bonchev–Trinajstić information content (AvgIpc) is 3.27. The van der Waals surface area contributed by atoms with E-state index in [-0.39, 0.29) is 22.3 Å². The Hall–Kier alpha value is -4.10. The lowest BCUT2D eigenvalue weighted by Gasteiger charge is -2.19. The lowest BCUT2D eigenvalue weighted by Crippen LogP contribution is -2.26. The van der Waals surface area contributed by atoms with Gasteiger partial charge >= 0.3 is 0 Å². The topological polar surface area (TPSA) is 75.8 Å². The van der Waals surface area contributed by atoms with Gasteiger partial charge in [0.1, 0.15) is 11.8 Å². The van der Waals surface area contributed by atoms with Gasteiger partial charge < -0.3 is 4.42 Å². The summed E-state index contributed by atoms with van der Waals surface area (Å²) in [7, 11) is 0. The molecule has 1 amide bonds. The number of carbonyl (C=O) groups excluding carboxylic acids is 1. The molecule has 0 unspecified atom stereocenters. The van der Waals surface area contributed by atoms with Crippen molar-refractivity contribution in [2.24, 2.45) is 5.10 Å². The van der Waals surface area contributed by atoms with Crippen molar-refractivity contribution >= 4 is 49.8 Å². The summed E-state index contributed by atoms with van der Waals surface area (Å²) in [6.45, 7) is 8.38. The fraction of sp³-hybridized carbons (Fsp3) is 0.172. The van der Waals surface area contributed by atoms with Crippen LogP contribution in [-0.4, -0.2) is 17.1 Å². The lowest BCUT2D eigenvalue weighted by atomic mass is 9.87. The molecule has 180 valence electrons. The molecule has 7 heteroatoms. The van der Waals surface area contributed by atoms with E-state index < -0.39 is 0 Å². The normalized spacial score (nSPS) is 12.0. The first kappa shape index (κ1) is 23.6. The third-order valence-corrected chi connectivity index (χ3v) is 6.92. The molecule has 0 spiro atoms. The van der Waals surface area contributed by atoms with E-state index in [1.165, 1.54) is 28.8 Å². The second kappa shape index (κ2) is 9.17. The third-order valence-electron chi connectivity index (χ3n) is 5.92. The van der Waals surface area contributed by atoms with Gasteiger partial charge in [-0.05, 0) is 59.9 Å². The Kier molecular flexibility index (Phi) is 6.02. The predicted octanol–water partition coefficient (Wildman–Crippen LogP) is 6.69. The van der Waals surface area contributed by atoms with Crippen molar-refractivity contribution in [1.29, 1.82) is 0 Å². The van der Waals surface area contributed by atoms with Crippen LogP contribution in [0.1, 0.15) is 47.8 Å². The molecule has 2 aromatic heterocycles. The number of hydrazone groups is 1. The Balaban J connectivity index is 1.58. The van der Waals surface area contributed by atoms with E-state index in [0.29, 0.717) is 21.7 Å². The molecule has 3 aromatic carbocycles. The van der Waals surface area contributed by atoms with Gasteiger partial charge in [-0.15, -0.1) is 0 Å². The molecule has 0 atom stereocenters. The molecule has 6 nitrogen and oxygen atoms in total. The van der Waals surface area contributed by atoms with Gasteiger partial charge in [-0.2, -0.15) is 10.1 Å². The smallest absolute Gasteiger partial charge is 0.280 e. The molecule has 0 saturated carbocycles. The van der Waals surface area contributed by atoms with E-state index in [1.807, 2.05) is 37.3 Å². The Morgan fingerprint density at radius 3 is 2.56 bits per heavy atom. The number of hydrogen-bond donors (Lipinski definition) is 0. The Morgan fingerprint density at radius 1 is 1.06 bits per heavy atom. The molecule has 0 bridgehead atoms. The van der Waals surface area contributed by atoms with Gasteiger partial charge in [-0.1, -0.05) is 62.4 Å². The van der Waals surface area contributed by atoms with Crippen LogP contribution in [0.3, 0.4) is 0 Å². The maximum Gasteiger partial charge on any atom is 0.280 e. The Morgan fingerprint density at radius 2 is 1.81 bits per heavy atom. The van der Waals surface area contributed by atoms with Crippen LogP contribution in [-0.2, 0) is 5.41 Å². The minimum Gasteiger partial charge on any atom is -0.463 e. The zero-order valence-corrected chi connectivity index (χ0v) is 21.3. The van der Waals surface area contributed by atoms with Crippen LogP contribution in [0.25, 0.3) is 21.2 Å². The number of benzene rings is 3. The molecule has 0 saturated heterocycles. The van der Waals surface area contributed by atoms with Crippen LogP contribution < -0.4 is 10.4 Å². The molecular weight excluding hydrogens is 470 g/mol. The quantitative estimate of drug-likeness (QED) is 0.206. The van der Waals surface area contributed by atoms with E-state index in [1.54, 1.807) is 36.4 Å². The molecule has 0 radical (unpaired) electrons. The summed E-state index contributed by atoms with van der Waals surface area (Å²) in [5.74, 6) is -0.340. The summed E-state index contributed by atoms with van der Waals surface area (Å²) in [5.41, 5.74) is 3.96. The minimum absolute atomic E-state index is 0.0333. The summed E-state index contributed by atoms with van der Waals surface area (Å²) in [4.78, 5) is 31.3. The second-order valence-electron chi connectivity index (χ2n) is 9.67. The number of nitrogens with zero attached hydrogens (tertiary/aromatic N) is 3. The molecule has 0 N–H and O–H groups in total. The van der Waals surface area contributed by atoms with Gasteiger partial charge in [0.05, 0.1) is 27.4 Å². The predicted molar refractivity (Wildman–Crippen MR) is 146 cm³/mol. The first-order valence-electron chi connectivity index (χ1n) is 11.6. The number of fused-ring (bicyclic) bond motifs is 2. The van der Waals surface area contributed by atoms with Crippen molar-refractivity contribution in [3.05, 3.63) is 105 Å². The highest BCUT2D eigenvalue weighted by atomic mass is 32.1. The van der Waals surface area contributed by atoms with Crippen molar-refractivity contribution in [1.82, 2.24) is 4.98 Å². The molecule has 0 aliphatic rings. The van der Waals surface area contributed by atoms with Gasteiger partial charge in [0.15, 0.2) is 0 Å². The number of amides is 1. The van der Waals surface area contributed by atoms with E-state index in [2.05, 4.69) is 30.9 Å². The van der Waals surface area contributed by atoms with Gasteiger partial charge in [-0.3, -0.25) is 9.59 Å². The van der Waals surface area contributed by atoms with E-state index in [4.69, 9.17) is 4.42 Å². The van der Waals surface area contributed by atoms with Crippen molar-refractivity contribution in [2.75, 3.05) is 5.01 Å². The highest BCUT2D eigenvalue weighted by molar-refractivity contribution is 7.22. The van der Waals surface area contributed by atoms with Crippen LogP contribution in [0, 0.1) is 6.92 Å². The van der Waals surface area contributed by atoms with Gasteiger partial charge in [0.25, 0.3) is 5.91 Å². The van der Waals surface area contributed by atoms with Crippen LogP contribution in [0.15, 0.2) is 87.3 Å². The SMILES string of the molecule is Cc1ccc2nc(N(/N=C/c3coc4ccccc4c3=O)C(=O)c3ccc(C(C)(C)C)cc3)sc2c1.